The molecule has 0 aliphatic carbocycles. The van der Waals surface area contributed by atoms with Crippen LogP contribution in [-0.4, -0.2) is 37.5 Å². The number of likely N-dealkylation sites (N-methyl/N-ethyl adjacent to an activating group) is 1. The number of ether oxygens (including phenoxy) is 2. The molecule has 0 heterocycles. The molecule has 0 saturated carbocycles. The van der Waals surface area contributed by atoms with Crippen molar-refractivity contribution in [3.8, 4) is 11.5 Å². The average molecular weight is 372 g/mol. The van der Waals surface area contributed by atoms with Gasteiger partial charge in [-0.25, -0.2) is 4.39 Å². The van der Waals surface area contributed by atoms with Crippen molar-refractivity contribution >= 4 is 17.9 Å². The highest BCUT2D eigenvalue weighted by molar-refractivity contribution is 5.91. The van der Waals surface area contributed by atoms with E-state index in [2.05, 4.69) is 0 Å². The zero-order valence-corrected chi connectivity index (χ0v) is 15.1. The number of methoxy groups -OCH3 is 1. The Bertz CT molecular complexity index is 834. The van der Waals surface area contributed by atoms with E-state index in [1.165, 1.54) is 30.2 Å². The second-order valence-corrected chi connectivity index (χ2v) is 5.82. The largest absolute Gasteiger partial charge is 0.494 e. The van der Waals surface area contributed by atoms with Crippen LogP contribution in [-0.2, 0) is 16.1 Å². The Morgan fingerprint density at radius 3 is 2.48 bits per heavy atom. The molecule has 2 N–H and O–H groups in total. The first-order valence-electron chi connectivity index (χ1n) is 8.16. The molecule has 0 saturated heterocycles. The minimum Gasteiger partial charge on any atom is -0.494 e. The van der Waals surface area contributed by atoms with Gasteiger partial charge in [-0.05, 0) is 41.5 Å². The van der Waals surface area contributed by atoms with Crippen molar-refractivity contribution in [1.29, 1.82) is 0 Å². The summed E-state index contributed by atoms with van der Waals surface area (Å²) in [7, 11) is 3.03. The maximum atomic E-state index is 13.7. The standard InChI is InChI=1S/C20H21FN2O4/c1-23(12-15-5-9-18(26-2)17(21)11-15)20(25)10-6-14-3-7-16(8-4-14)27-13-19(22)24/h3-11H,12-13H2,1-2H3,(H2,22,24)/b10-6+. The minimum absolute atomic E-state index is 0.163. The summed E-state index contributed by atoms with van der Waals surface area (Å²) >= 11 is 0. The van der Waals surface area contributed by atoms with E-state index in [0.717, 1.165) is 5.56 Å². The van der Waals surface area contributed by atoms with Crippen molar-refractivity contribution in [2.24, 2.45) is 5.73 Å². The fourth-order valence-electron chi connectivity index (χ4n) is 2.28. The van der Waals surface area contributed by atoms with Gasteiger partial charge in [-0.2, -0.15) is 0 Å². The van der Waals surface area contributed by atoms with Crippen molar-refractivity contribution in [2.45, 2.75) is 6.54 Å². The lowest BCUT2D eigenvalue weighted by atomic mass is 10.2. The highest BCUT2D eigenvalue weighted by Gasteiger charge is 2.09. The Balaban J connectivity index is 1.93. The molecule has 0 aliphatic rings. The number of rotatable bonds is 8. The molecule has 0 unspecified atom stereocenters. The van der Waals surface area contributed by atoms with Gasteiger partial charge in [-0.3, -0.25) is 9.59 Å². The van der Waals surface area contributed by atoms with Gasteiger partial charge in [0.25, 0.3) is 5.91 Å². The summed E-state index contributed by atoms with van der Waals surface area (Å²) in [6.45, 7) is 0.0778. The van der Waals surface area contributed by atoms with Crippen molar-refractivity contribution in [1.82, 2.24) is 4.90 Å². The Labute approximate surface area is 157 Å². The highest BCUT2D eigenvalue weighted by atomic mass is 19.1. The topological polar surface area (TPSA) is 81.9 Å². The van der Waals surface area contributed by atoms with E-state index in [1.54, 1.807) is 43.5 Å². The Morgan fingerprint density at radius 2 is 1.89 bits per heavy atom. The van der Waals surface area contributed by atoms with E-state index in [-0.39, 0.29) is 24.8 Å². The molecule has 0 radical (unpaired) electrons. The maximum Gasteiger partial charge on any atom is 0.255 e. The summed E-state index contributed by atoms with van der Waals surface area (Å²) in [4.78, 5) is 24.4. The molecule has 2 aromatic carbocycles. The lowest BCUT2D eigenvalue weighted by Crippen LogP contribution is -2.24. The quantitative estimate of drug-likeness (QED) is 0.722. The molecule has 0 bridgehead atoms. The van der Waals surface area contributed by atoms with Crippen molar-refractivity contribution in [3.63, 3.8) is 0 Å². The van der Waals surface area contributed by atoms with Crippen LogP contribution in [0, 0.1) is 5.82 Å². The van der Waals surface area contributed by atoms with Crippen LogP contribution >= 0.6 is 0 Å². The Morgan fingerprint density at radius 1 is 1.19 bits per heavy atom. The summed E-state index contributed by atoms with van der Waals surface area (Å²) in [5.41, 5.74) is 6.46. The van der Waals surface area contributed by atoms with E-state index in [1.807, 2.05) is 0 Å². The molecule has 2 aromatic rings. The second kappa shape index (κ2) is 9.38. The normalized spacial score (nSPS) is 10.6. The van der Waals surface area contributed by atoms with Gasteiger partial charge in [0.1, 0.15) is 5.75 Å². The summed E-state index contributed by atoms with van der Waals surface area (Å²) in [5.74, 6) is -0.568. The lowest BCUT2D eigenvalue weighted by Gasteiger charge is -2.15. The fraction of sp³-hybridized carbons (Fsp3) is 0.200. The third-order valence-electron chi connectivity index (χ3n) is 3.69. The average Bonchev–Trinajstić information content (AvgIpc) is 2.65. The van der Waals surface area contributed by atoms with Crippen molar-refractivity contribution < 1.29 is 23.5 Å². The predicted octanol–water partition coefficient (Wildman–Crippen LogP) is 2.37. The Hall–Kier alpha value is -3.35. The number of hydrogen-bond donors (Lipinski definition) is 1. The van der Waals surface area contributed by atoms with Gasteiger partial charge in [-0.15, -0.1) is 0 Å². The smallest absolute Gasteiger partial charge is 0.255 e. The van der Waals surface area contributed by atoms with E-state index < -0.39 is 11.7 Å². The van der Waals surface area contributed by atoms with Crippen LogP contribution in [0.25, 0.3) is 6.08 Å². The number of amides is 2. The minimum atomic E-state index is -0.552. The highest BCUT2D eigenvalue weighted by Crippen LogP contribution is 2.18. The molecule has 0 aromatic heterocycles. The fourth-order valence-corrected chi connectivity index (χ4v) is 2.28. The molecule has 2 rings (SSSR count). The van der Waals surface area contributed by atoms with Crippen LogP contribution in [0.15, 0.2) is 48.5 Å². The number of nitrogens with two attached hydrogens (primary N) is 1. The molecular formula is C20H21FN2O4. The van der Waals surface area contributed by atoms with E-state index in [4.69, 9.17) is 15.2 Å². The summed E-state index contributed by atoms with van der Waals surface area (Å²) < 4.78 is 23.8. The number of hydrogen-bond acceptors (Lipinski definition) is 4. The first-order chi connectivity index (χ1) is 12.9. The van der Waals surface area contributed by atoms with Crippen LogP contribution in [0.5, 0.6) is 11.5 Å². The van der Waals surface area contributed by atoms with Gasteiger partial charge >= 0.3 is 0 Å². The monoisotopic (exact) mass is 372 g/mol. The van der Waals surface area contributed by atoms with Gasteiger partial charge in [0, 0.05) is 19.7 Å². The van der Waals surface area contributed by atoms with Crippen molar-refractivity contribution in [3.05, 3.63) is 65.5 Å². The zero-order chi connectivity index (χ0) is 19.8. The molecule has 0 aliphatic heterocycles. The van der Waals surface area contributed by atoms with Crippen molar-refractivity contribution in [2.75, 3.05) is 20.8 Å². The molecule has 0 atom stereocenters. The number of benzene rings is 2. The van der Waals surface area contributed by atoms with Crippen LogP contribution in [0.4, 0.5) is 4.39 Å². The molecule has 7 heteroatoms. The molecular weight excluding hydrogens is 351 g/mol. The summed E-state index contributed by atoms with van der Waals surface area (Å²) in [6, 6.07) is 11.4. The summed E-state index contributed by atoms with van der Waals surface area (Å²) in [6.07, 6.45) is 3.09. The molecule has 142 valence electrons. The molecule has 0 spiro atoms. The first kappa shape index (κ1) is 20.0. The van der Waals surface area contributed by atoms with Gasteiger partial charge in [0.2, 0.25) is 5.91 Å². The third-order valence-corrected chi connectivity index (χ3v) is 3.69. The molecule has 6 nitrogen and oxygen atoms in total. The SMILES string of the molecule is COc1ccc(CN(C)C(=O)/C=C/c2ccc(OCC(N)=O)cc2)cc1F. The number of primary amides is 1. The molecule has 0 fully saturated rings. The molecule has 2 amide bonds. The van der Waals surface area contributed by atoms with Crippen LogP contribution in [0.2, 0.25) is 0 Å². The number of carbonyl (C=O) groups excluding carboxylic acids is 2. The van der Waals surface area contributed by atoms with E-state index in [0.29, 0.717) is 11.3 Å². The van der Waals surface area contributed by atoms with Gasteiger partial charge in [0.15, 0.2) is 18.2 Å². The van der Waals surface area contributed by atoms with Crippen LogP contribution in [0.3, 0.4) is 0 Å². The first-order valence-corrected chi connectivity index (χ1v) is 8.16. The maximum absolute atomic E-state index is 13.7. The molecule has 27 heavy (non-hydrogen) atoms. The number of halogens is 1. The zero-order valence-electron chi connectivity index (χ0n) is 15.1. The number of carbonyl (C=O) groups is 2. The summed E-state index contributed by atoms with van der Waals surface area (Å²) in [5, 5.41) is 0. The van der Waals surface area contributed by atoms with E-state index >= 15 is 0 Å². The van der Waals surface area contributed by atoms with Crippen LogP contribution < -0.4 is 15.2 Å². The second-order valence-electron chi connectivity index (χ2n) is 5.82. The van der Waals surface area contributed by atoms with Crippen LogP contribution in [0.1, 0.15) is 11.1 Å². The van der Waals surface area contributed by atoms with E-state index in [9.17, 15) is 14.0 Å². The van der Waals surface area contributed by atoms with Gasteiger partial charge < -0.3 is 20.1 Å². The Kier molecular flexibility index (Phi) is 6.93. The lowest BCUT2D eigenvalue weighted by molar-refractivity contribution is -0.125. The van der Waals surface area contributed by atoms with Gasteiger partial charge in [-0.1, -0.05) is 18.2 Å². The third kappa shape index (κ3) is 6.14. The van der Waals surface area contributed by atoms with Gasteiger partial charge in [0.05, 0.1) is 7.11 Å². The number of nitrogens with zero attached hydrogens (tertiary/aromatic N) is 1. The predicted molar refractivity (Wildman–Crippen MR) is 99.6 cm³/mol.